The van der Waals surface area contributed by atoms with Gasteiger partial charge >= 0.3 is 0 Å². The SMILES string of the molecule is CCN1CCN([C@@H](c2cc(OC)c(OC)c(OC)c2)c2sc3ncnn3c2O)CC1. The molecule has 0 amide bonds. The Labute approximate surface area is 179 Å². The van der Waals surface area contributed by atoms with E-state index in [2.05, 4.69) is 26.8 Å². The van der Waals surface area contributed by atoms with Crippen LogP contribution in [0.3, 0.4) is 0 Å². The summed E-state index contributed by atoms with van der Waals surface area (Å²) in [6.45, 7) is 6.91. The monoisotopic (exact) mass is 433 g/mol. The van der Waals surface area contributed by atoms with Crippen molar-refractivity contribution in [2.24, 2.45) is 0 Å². The zero-order chi connectivity index (χ0) is 21.3. The van der Waals surface area contributed by atoms with Crippen LogP contribution >= 0.6 is 11.3 Å². The number of nitrogens with zero attached hydrogens (tertiary/aromatic N) is 5. The van der Waals surface area contributed by atoms with Crippen LogP contribution in [0.5, 0.6) is 23.1 Å². The second-order valence-corrected chi connectivity index (χ2v) is 8.08. The van der Waals surface area contributed by atoms with Crippen molar-refractivity contribution in [2.45, 2.75) is 13.0 Å². The Hall–Kier alpha value is -2.56. The van der Waals surface area contributed by atoms with Crippen LogP contribution in [0.15, 0.2) is 18.5 Å². The third kappa shape index (κ3) is 3.55. The van der Waals surface area contributed by atoms with E-state index in [1.165, 1.54) is 22.2 Å². The third-order valence-corrected chi connectivity index (χ3v) is 6.70. The molecule has 1 atom stereocenters. The van der Waals surface area contributed by atoms with Crippen molar-refractivity contribution in [3.05, 3.63) is 28.9 Å². The molecule has 1 aromatic carbocycles. The molecule has 9 nitrogen and oxygen atoms in total. The van der Waals surface area contributed by atoms with Gasteiger partial charge in [0, 0.05) is 26.2 Å². The van der Waals surface area contributed by atoms with Crippen molar-refractivity contribution in [2.75, 3.05) is 54.1 Å². The van der Waals surface area contributed by atoms with Crippen LogP contribution in [0.2, 0.25) is 0 Å². The summed E-state index contributed by atoms with van der Waals surface area (Å²) in [5, 5.41) is 15.1. The minimum Gasteiger partial charge on any atom is -0.493 e. The van der Waals surface area contributed by atoms with E-state index in [-0.39, 0.29) is 11.9 Å². The molecule has 10 heteroatoms. The van der Waals surface area contributed by atoms with Gasteiger partial charge in [-0.15, -0.1) is 0 Å². The van der Waals surface area contributed by atoms with Crippen LogP contribution in [0.4, 0.5) is 0 Å². The average Bonchev–Trinajstić information content (AvgIpc) is 3.37. The van der Waals surface area contributed by atoms with Crippen molar-refractivity contribution >= 4 is 16.3 Å². The lowest BCUT2D eigenvalue weighted by Crippen LogP contribution is -2.47. The fourth-order valence-corrected chi connectivity index (χ4v) is 5.09. The number of thiazole rings is 1. The number of methoxy groups -OCH3 is 3. The Balaban J connectivity index is 1.83. The summed E-state index contributed by atoms with van der Waals surface area (Å²) in [5.41, 5.74) is 0.953. The van der Waals surface area contributed by atoms with Crippen molar-refractivity contribution in [3.63, 3.8) is 0 Å². The highest BCUT2D eigenvalue weighted by molar-refractivity contribution is 7.17. The molecule has 0 bridgehead atoms. The summed E-state index contributed by atoms with van der Waals surface area (Å²) in [6, 6.07) is 3.72. The second-order valence-electron chi connectivity index (χ2n) is 7.08. The Kier molecular flexibility index (Phi) is 5.98. The summed E-state index contributed by atoms with van der Waals surface area (Å²) in [5.74, 6) is 1.83. The Morgan fingerprint density at radius 2 is 1.73 bits per heavy atom. The number of ether oxygens (including phenoxy) is 3. The van der Waals surface area contributed by atoms with Crippen LogP contribution in [0, 0.1) is 0 Å². The molecule has 1 fully saturated rings. The number of rotatable bonds is 7. The average molecular weight is 434 g/mol. The highest BCUT2D eigenvalue weighted by atomic mass is 32.1. The van der Waals surface area contributed by atoms with E-state index in [0.717, 1.165) is 43.2 Å². The summed E-state index contributed by atoms with van der Waals surface area (Å²) >= 11 is 1.44. The summed E-state index contributed by atoms with van der Waals surface area (Å²) < 4.78 is 18.1. The molecule has 3 aromatic rings. The van der Waals surface area contributed by atoms with E-state index < -0.39 is 0 Å². The van der Waals surface area contributed by atoms with Crippen molar-refractivity contribution in [1.29, 1.82) is 0 Å². The predicted octanol–water partition coefficient (Wildman–Crippen LogP) is 2.25. The highest BCUT2D eigenvalue weighted by Crippen LogP contribution is 2.45. The molecule has 0 saturated carbocycles. The summed E-state index contributed by atoms with van der Waals surface area (Å²) in [6.07, 6.45) is 1.45. The molecule has 0 radical (unpaired) electrons. The normalized spacial score (nSPS) is 16.7. The molecule has 1 saturated heterocycles. The number of hydrogen-bond donors (Lipinski definition) is 1. The van der Waals surface area contributed by atoms with Crippen LogP contribution in [-0.2, 0) is 0 Å². The number of likely N-dealkylation sites (N-methyl/N-ethyl adjacent to an activating group) is 1. The zero-order valence-corrected chi connectivity index (χ0v) is 18.5. The number of aromatic nitrogens is 3. The number of piperazine rings is 1. The zero-order valence-electron chi connectivity index (χ0n) is 17.7. The van der Waals surface area contributed by atoms with Gasteiger partial charge in [-0.05, 0) is 24.2 Å². The first kappa shape index (κ1) is 20.7. The lowest BCUT2D eigenvalue weighted by Gasteiger charge is -2.39. The van der Waals surface area contributed by atoms with Gasteiger partial charge in [-0.25, -0.2) is 4.98 Å². The smallest absolute Gasteiger partial charge is 0.230 e. The van der Waals surface area contributed by atoms with Gasteiger partial charge in [0.2, 0.25) is 16.6 Å². The van der Waals surface area contributed by atoms with E-state index in [0.29, 0.717) is 22.2 Å². The van der Waals surface area contributed by atoms with E-state index >= 15 is 0 Å². The van der Waals surface area contributed by atoms with Gasteiger partial charge in [0.25, 0.3) is 0 Å². The third-order valence-electron chi connectivity index (χ3n) is 5.61. The minimum atomic E-state index is -0.189. The maximum Gasteiger partial charge on any atom is 0.230 e. The van der Waals surface area contributed by atoms with Gasteiger partial charge in [0.15, 0.2) is 11.5 Å². The van der Waals surface area contributed by atoms with Gasteiger partial charge < -0.3 is 24.2 Å². The van der Waals surface area contributed by atoms with E-state index in [9.17, 15) is 5.11 Å². The standard InChI is InChI=1S/C20H27N5O4S/c1-5-23-6-8-24(9-7-23)16(18-19(26)25-20(30-18)21-12-22-25)13-10-14(27-2)17(29-4)15(11-13)28-3/h10-12,16,26H,5-9H2,1-4H3/t16-/m0/s1. The number of benzene rings is 1. The van der Waals surface area contributed by atoms with Gasteiger partial charge in [0.05, 0.1) is 32.2 Å². The van der Waals surface area contributed by atoms with E-state index in [4.69, 9.17) is 14.2 Å². The van der Waals surface area contributed by atoms with Gasteiger partial charge in [-0.2, -0.15) is 9.61 Å². The minimum absolute atomic E-state index is 0.115. The van der Waals surface area contributed by atoms with Crippen LogP contribution in [0.1, 0.15) is 23.4 Å². The maximum atomic E-state index is 10.9. The molecule has 162 valence electrons. The van der Waals surface area contributed by atoms with Crippen LogP contribution in [-0.4, -0.2) is 83.6 Å². The van der Waals surface area contributed by atoms with Crippen molar-refractivity contribution in [1.82, 2.24) is 24.4 Å². The molecule has 0 unspecified atom stereocenters. The van der Waals surface area contributed by atoms with Crippen molar-refractivity contribution < 1.29 is 19.3 Å². The Morgan fingerprint density at radius 1 is 1.07 bits per heavy atom. The van der Waals surface area contributed by atoms with Crippen LogP contribution < -0.4 is 14.2 Å². The summed E-state index contributed by atoms with van der Waals surface area (Å²) in [4.78, 5) is 10.5. The first-order chi connectivity index (χ1) is 14.6. The quantitative estimate of drug-likeness (QED) is 0.607. The van der Waals surface area contributed by atoms with E-state index in [1.54, 1.807) is 21.3 Å². The molecule has 4 rings (SSSR count). The first-order valence-corrected chi connectivity index (χ1v) is 10.7. The predicted molar refractivity (Wildman–Crippen MR) is 114 cm³/mol. The number of hydrogen-bond acceptors (Lipinski definition) is 9. The molecule has 1 N–H and O–H groups in total. The van der Waals surface area contributed by atoms with E-state index in [1.807, 2.05) is 12.1 Å². The molecule has 1 aliphatic rings. The fourth-order valence-electron chi connectivity index (χ4n) is 4.00. The molecule has 0 aliphatic carbocycles. The molecule has 3 heterocycles. The topological polar surface area (TPSA) is 84.6 Å². The number of aromatic hydroxyl groups is 1. The highest BCUT2D eigenvalue weighted by Gasteiger charge is 2.32. The molecule has 2 aromatic heterocycles. The second kappa shape index (κ2) is 8.66. The Morgan fingerprint density at radius 3 is 2.27 bits per heavy atom. The van der Waals surface area contributed by atoms with Gasteiger partial charge in [-0.3, -0.25) is 4.90 Å². The van der Waals surface area contributed by atoms with Gasteiger partial charge in [-0.1, -0.05) is 18.3 Å². The molecular formula is C20H27N5O4S. The molecule has 30 heavy (non-hydrogen) atoms. The Bertz CT molecular complexity index is 987. The maximum absolute atomic E-state index is 10.9. The van der Waals surface area contributed by atoms with Gasteiger partial charge in [0.1, 0.15) is 6.33 Å². The lowest BCUT2D eigenvalue weighted by molar-refractivity contribution is 0.113. The molecule has 0 spiro atoms. The largest absolute Gasteiger partial charge is 0.493 e. The number of fused-ring (bicyclic) bond motifs is 1. The molecule has 1 aliphatic heterocycles. The molecular weight excluding hydrogens is 406 g/mol. The lowest BCUT2D eigenvalue weighted by atomic mass is 10.0. The summed E-state index contributed by atoms with van der Waals surface area (Å²) in [7, 11) is 4.81. The van der Waals surface area contributed by atoms with Crippen LogP contribution in [0.25, 0.3) is 4.96 Å². The fraction of sp³-hybridized carbons (Fsp3) is 0.500. The first-order valence-electron chi connectivity index (χ1n) is 9.88. The van der Waals surface area contributed by atoms with Crippen molar-refractivity contribution in [3.8, 4) is 23.1 Å².